The second-order valence-electron chi connectivity index (χ2n) is 5.57. The number of nitrogens with zero attached hydrogens (tertiary/aromatic N) is 1. The second kappa shape index (κ2) is 4.22. The van der Waals surface area contributed by atoms with Crippen LogP contribution in [-0.2, 0) is 4.74 Å². The van der Waals surface area contributed by atoms with Crippen LogP contribution in [0, 0.1) is 5.41 Å². The van der Waals surface area contributed by atoms with Crippen molar-refractivity contribution in [3.8, 4) is 0 Å². The zero-order valence-corrected chi connectivity index (χ0v) is 10.5. The Morgan fingerprint density at radius 1 is 1.62 bits per heavy atom. The van der Waals surface area contributed by atoms with E-state index in [9.17, 15) is 9.90 Å². The van der Waals surface area contributed by atoms with Crippen molar-refractivity contribution in [1.82, 2.24) is 4.90 Å². The average Bonchev–Trinajstić information content (AvgIpc) is 2.43. The molecule has 1 rings (SSSR count). The van der Waals surface area contributed by atoms with Crippen LogP contribution >= 0.6 is 0 Å². The van der Waals surface area contributed by atoms with Gasteiger partial charge in [0.25, 0.3) is 0 Å². The van der Waals surface area contributed by atoms with E-state index in [0.29, 0.717) is 19.6 Å². The average molecular weight is 230 g/mol. The van der Waals surface area contributed by atoms with Crippen molar-refractivity contribution < 1.29 is 14.6 Å². The van der Waals surface area contributed by atoms with E-state index in [4.69, 9.17) is 10.5 Å². The Kier molecular flexibility index (Phi) is 3.50. The van der Waals surface area contributed by atoms with Crippen LogP contribution in [0.1, 0.15) is 27.2 Å². The molecule has 1 fully saturated rings. The molecule has 0 aromatic carbocycles. The first-order chi connectivity index (χ1) is 7.24. The fourth-order valence-electron chi connectivity index (χ4n) is 2.58. The fourth-order valence-corrected chi connectivity index (χ4v) is 2.58. The topological polar surface area (TPSA) is 75.8 Å². The highest BCUT2D eigenvalue weighted by atomic mass is 16.5. The molecule has 1 heterocycles. The standard InChI is InChI=1S/C11H22N2O3/c1-10(2,3)11(7-16-4)5-8(12)6-13(11)9(14)15/h8H,5-7,12H2,1-4H3,(H,14,15)/t8-,11-/m1/s1. The van der Waals surface area contributed by atoms with Gasteiger partial charge in [0.05, 0.1) is 12.1 Å². The Morgan fingerprint density at radius 2 is 2.19 bits per heavy atom. The van der Waals surface area contributed by atoms with Crippen molar-refractivity contribution in [2.75, 3.05) is 20.3 Å². The highest BCUT2D eigenvalue weighted by Crippen LogP contribution is 2.43. The van der Waals surface area contributed by atoms with Crippen molar-refractivity contribution in [3.05, 3.63) is 0 Å². The van der Waals surface area contributed by atoms with E-state index >= 15 is 0 Å². The van der Waals surface area contributed by atoms with Crippen molar-refractivity contribution in [3.63, 3.8) is 0 Å². The van der Waals surface area contributed by atoms with Crippen molar-refractivity contribution >= 4 is 6.09 Å². The molecular weight excluding hydrogens is 208 g/mol. The lowest BCUT2D eigenvalue weighted by atomic mass is 9.72. The van der Waals surface area contributed by atoms with Gasteiger partial charge in [-0.05, 0) is 11.8 Å². The molecule has 1 aliphatic heterocycles. The number of likely N-dealkylation sites (tertiary alicyclic amines) is 1. The Labute approximate surface area is 96.6 Å². The van der Waals surface area contributed by atoms with E-state index in [2.05, 4.69) is 0 Å². The Hall–Kier alpha value is -0.810. The van der Waals surface area contributed by atoms with Gasteiger partial charge >= 0.3 is 6.09 Å². The van der Waals surface area contributed by atoms with Gasteiger partial charge in [-0.2, -0.15) is 0 Å². The van der Waals surface area contributed by atoms with E-state index in [1.807, 2.05) is 20.8 Å². The predicted octanol–water partition coefficient (Wildman–Crippen LogP) is 1.13. The molecule has 3 N–H and O–H groups in total. The number of carbonyl (C=O) groups is 1. The van der Waals surface area contributed by atoms with Gasteiger partial charge in [-0.15, -0.1) is 0 Å². The first-order valence-electron chi connectivity index (χ1n) is 5.50. The van der Waals surface area contributed by atoms with E-state index < -0.39 is 11.6 Å². The number of hydrogen-bond donors (Lipinski definition) is 2. The van der Waals surface area contributed by atoms with Crippen LogP contribution in [0.5, 0.6) is 0 Å². The normalized spacial score (nSPS) is 30.8. The third-order valence-corrected chi connectivity index (χ3v) is 3.54. The second-order valence-corrected chi connectivity index (χ2v) is 5.57. The van der Waals surface area contributed by atoms with E-state index in [1.165, 1.54) is 4.90 Å². The number of hydrogen-bond acceptors (Lipinski definition) is 3. The van der Waals surface area contributed by atoms with Gasteiger partial charge < -0.3 is 15.6 Å². The van der Waals surface area contributed by atoms with Crippen LogP contribution in [0.15, 0.2) is 0 Å². The molecule has 0 aromatic rings. The Bertz CT molecular complexity index is 275. The highest BCUT2D eigenvalue weighted by Gasteiger charge is 2.54. The van der Waals surface area contributed by atoms with E-state index in [0.717, 1.165) is 0 Å². The molecule has 5 heteroatoms. The number of carboxylic acid groups (broad SMARTS) is 1. The van der Waals surface area contributed by atoms with E-state index in [1.54, 1.807) is 7.11 Å². The molecule has 0 bridgehead atoms. The van der Waals surface area contributed by atoms with Crippen LogP contribution in [-0.4, -0.2) is 47.9 Å². The molecule has 0 aliphatic carbocycles. The van der Waals surface area contributed by atoms with Gasteiger partial charge in [0.15, 0.2) is 0 Å². The lowest BCUT2D eigenvalue weighted by molar-refractivity contribution is -0.0259. The van der Waals surface area contributed by atoms with Crippen LogP contribution in [0.2, 0.25) is 0 Å². The zero-order chi connectivity index (χ0) is 12.6. The first kappa shape index (κ1) is 13.3. The minimum atomic E-state index is -0.917. The summed E-state index contributed by atoms with van der Waals surface area (Å²) in [5.41, 5.74) is 5.19. The van der Waals surface area contributed by atoms with Gasteiger partial charge in [0, 0.05) is 19.7 Å². The Balaban J connectivity index is 3.11. The number of ether oxygens (including phenoxy) is 1. The first-order valence-corrected chi connectivity index (χ1v) is 5.50. The summed E-state index contributed by atoms with van der Waals surface area (Å²) in [5, 5.41) is 9.27. The molecular formula is C11H22N2O3. The van der Waals surface area contributed by atoms with Crippen molar-refractivity contribution in [2.45, 2.75) is 38.8 Å². The summed E-state index contributed by atoms with van der Waals surface area (Å²) in [4.78, 5) is 12.7. The summed E-state index contributed by atoms with van der Waals surface area (Å²) in [6.45, 7) is 6.85. The van der Waals surface area contributed by atoms with Gasteiger partial charge in [-0.1, -0.05) is 20.8 Å². The summed E-state index contributed by atoms with van der Waals surface area (Å²) in [7, 11) is 1.59. The van der Waals surface area contributed by atoms with Gasteiger partial charge in [-0.3, -0.25) is 4.90 Å². The van der Waals surface area contributed by atoms with Crippen molar-refractivity contribution in [2.24, 2.45) is 11.1 Å². The number of nitrogens with two attached hydrogens (primary N) is 1. The third kappa shape index (κ3) is 2.01. The molecule has 1 amide bonds. The summed E-state index contributed by atoms with van der Waals surface area (Å²) in [6.07, 6.45) is -0.267. The summed E-state index contributed by atoms with van der Waals surface area (Å²) < 4.78 is 5.22. The molecule has 5 nitrogen and oxygen atoms in total. The van der Waals surface area contributed by atoms with Crippen molar-refractivity contribution in [1.29, 1.82) is 0 Å². The molecule has 0 spiro atoms. The predicted molar refractivity (Wildman–Crippen MR) is 61.4 cm³/mol. The number of amides is 1. The fraction of sp³-hybridized carbons (Fsp3) is 0.909. The SMILES string of the molecule is COC[C@@]1(C(C)(C)C)C[C@@H](N)CN1C(=O)O. The largest absolute Gasteiger partial charge is 0.465 e. The van der Waals surface area contributed by atoms with Crippen LogP contribution in [0.25, 0.3) is 0 Å². The molecule has 94 valence electrons. The maximum atomic E-state index is 11.3. The minimum absolute atomic E-state index is 0.106. The lowest BCUT2D eigenvalue weighted by Gasteiger charge is -2.46. The molecule has 2 atom stereocenters. The van der Waals surface area contributed by atoms with Crippen LogP contribution < -0.4 is 5.73 Å². The maximum Gasteiger partial charge on any atom is 0.407 e. The van der Waals surface area contributed by atoms with E-state index in [-0.39, 0.29) is 11.5 Å². The summed E-state index contributed by atoms with van der Waals surface area (Å²) in [6, 6.07) is -0.106. The van der Waals surface area contributed by atoms with Crippen LogP contribution in [0.3, 0.4) is 0 Å². The molecule has 0 aromatic heterocycles. The molecule has 1 saturated heterocycles. The summed E-state index contributed by atoms with van der Waals surface area (Å²) >= 11 is 0. The molecule has 0 radical (unpaired) electrons. The quantitative estimate of drug-likeness (QED) is 0.745. The monoisotopic (exact) mass is 230 g/mol. The van der Waals surface area contributed by atoms with Gasteiger partial charge in [-0.25, -0.2) is 4.79 Å². The molecule has 0 unspecified atom stereocenters. The summed E-state index contributed by atoms with van der Waals surface area (Å²) in [5.74, 6) is 0. The number of rotatable bonds is 2. The van der Waals surface area contributed by atoms with Gasteiger partial charge in [0.2, 0.25) is 0 Å². The maximum absolute atomic E-state index is 11.3. The van der Waals surface area contributed by atoms with Gasteiger partial charge in [0.1, 0.15) is 0 Å². The number of methoxy groups -OCH3 is 1. The molecule has 1 aliphatic rings. The molecule has 0 saturated carbocycles. The zero-order valence-electron chi connectivity index (χ0n) is 10.5. The minimum Gasteiger partial charge on any atom is -0.465 e. The lowest BCUT2D eigenvalue weighted by Crippen LogP contribution is -2.58. The molecule has 16 heavy (non-hydrogen) atoms. The third-order valence-electron chi connectivity index (χ3n) is 3.54. The Morgan fingerprint density at radius 3 is 2.56 bits per heavy atom. The smallest absolute Gasteiger partial charge is 0.407 e. The van der Waals surface area contributed by atoms with Crippen LogP contribution in [0.4, 0.5) is 4.79 Å². The highest BCUT2D eigenvalue weighted by molar-refractivity contribution is 5.67.